The van der Waals surface area contributed by atoms with Crippen LogP contribution in [0.15, 0.2) is 0 Å². The van der Waals surface area contributed by atoms with Crippen LogP contribution >= 0.6 is 0 Å². The maximum absolute atomic E-state index is 11.8. The van der Waals surface area contributed by atoms with Gasteiger partial charge in [0.2, 0.25) is 5.91 Å². The van der Waals surface area contributed by atoms with Gasteiger partial charge >= 0.3 is 5.97 Å². The third-order valence-electron chi connectivity index (χ3n) is 3.71. The van der Waals surface area contributed by atoms with Gasteiger partial charge in [-0.05, 0) is 12.8 Å². The van der Waals surface area contributed by atoms with Crippen LogP contribution in [0.25, 0.3) is 0 Å². The van der Waals surface area contributed by atoms with E-state index in [1.165, 1.54) is 0 Å². The molecule has 0 saturated heterocycles. The Morgan fingerprint density at radius 2 is 1.83 bits per heavy atom. The quantitative estimate of drug-likeness (QED) is 0.666. The van der Waals surface area contributed by atoms with E-state index in [4.69, 9.17) is 5.11 Å². The summed E-state index contributed by atoms with van der Waals surface area (Å²) >= 11 is 0. The van der Waals surface area contributed by atoms with Crippen LogP contribution in [0.1, 0.15) is 46.0 Å². The van der Waals surface area contributed by atoms with Crippen LogP contribution in [0, 0.1) is 10.8 Å². The molecule has 1 aliphatic carbocycles. The first-order valence-corrected chi connectivity index (χ1v) is 6.42. The van der Waals surface area contributed by atoms with Crippen LogP contribution in [0.3, 0.4) is 0 Å². The van der Waals surface area contributed by atoms with Crippen LogP contribution in [0.2, 0.25) is 0 Å². The van der Waals surface area contributed by atoms with Crippen LogP contribution < -0.4 is 5.32 Å². The summed E-state index contributed by atoms with van der Waals surface area (Å²) < 4.78 is 0. The number of amides is 1. The van der Waals surface area contributed by atoms with E-state index in [0.717, 1.165) is 12.8 Å². The van der Waals surface area contributed by atoms with Crippen LogP contribution in [-0.2, 0) is 9.59 Å². The van der Waals surface area contributed by atoms with Gasteiger partial charge in [0.15, 0.2) is 0 Å². The summed E-state index contributed by atoms with van der Waals surface area (Å²) in [5.74, 6) is -1.10. The maximum Gasteiger partial charge on any atom is 0.310 e. The second kappa shape index (κ2) is 5.69. The maximum atomic E-state index is 11.8. The molecule has 1 saturated carbocycles. The second-order valence-electron chi connectivity index (χ2n) is 6.07. The van der Waals surface area contributed by atoms with Crippen molar-refractivity contribution in [3.8, 4) is 0 Å². The predicted octanol–water partition coefficient (Wildman–Crippen LogP) is 1.16. The number of aliphatic carboxylic acids is 1. The molecule has 18 heavy (non-hydrogen) atoms. The fourth-order valence-electron chi connectivity index (χ4n) is 2.28. The molecule has 1 rings (SSSR count). The molecule has 0 bridgehead atoms. The molecule has 0 heterocycles. The van der Waals surface area contributed by atoms with Crippen LogP contribution in [0.5, 0.6) is 0 Å². The lowest BCUT2D eigenvalue weighted by Crippen LogP contribution is -2.40. The van der Waals surface area contributed by atoms with Gasteiger partial charge in [-0.3, -0.25) is 9.59 Å². The molecular weight excluding hydrogens is 234 g/mol. The topological polar surface area (TPSA) is 86.6 Å². The number of carbonyl (C=O) groups excluding carboxylic acids is 1. The Kier molecular flexibility index (Phi) is 4.73. The highest BCUT2D eigenvalue weighted by Crippen LogP contribution is 2.41. The Hall–Kier alpha value is -1.10. The first kappa shape index (κ1) is 15.0. The van der Waals surface area contributed by atoms with E-state index in [9.17, 15) is 14.7 Å². The Labute approximate surface area is 108 Å². The molecule has 104 valence electrons. The molecule has 0 spiro atoms. The molecule has 0 unspecified atom stereocenters. The smallest absolute Gasteiger partial charge is 0.310 e. The van der Waals surface area contributed by atoms with Crippen molar-refractivity contribution in [2.24, 2.45) is 10.8 Å². The molecule has 0 aliphatic heterocycles. The SMILES string of the molecule is CC(C)(CO)CNC(=O)CC1(C(=O)O)CCCC1. The number of carboxylic acids is 1. The Morgan fingerprint density at radius 3 is 2.28 bits per heavy atom. The minimum atomic E-state index is -0.868. The largest absolute Gasteiger partial charge is 0.481 e. The van der Waals surface area contributed by atoms with Gasteiger partial charge in [0, 0.05) is 25.0 Å². The zero-order chi connectivity index (χ0) is 13.8. The first-order valence-electron chi connectivity index (χ1n) is 6.42. The molecule has 0 atom stereocenters. The van der Waals surface area contributed by atoms with E-state index in [0.29, 0.717) is 19.4 Å². The van der Waals surface area contributed by atoms with Gasteiger partial charge in [-0.1, -0.05) is 26.7 Å². The van der Waals surface area contributed by atoms with E-state index in [-0.39, 0.29) is 24.3 Å². The van der Waals surface area contributed by atoms with Gasteiger partial charge in [-0.2, -0.15) is 0 Å². The van der Waals surface area contributed by atoms with Crippen molar-refractivity contribution in [3.63, 3.8) is 0 Å². The highest BCUT2D eigenvalue weighted by molar-refractivity contribution is 5.85. The minimum absolute atomic E-state index is 0.0165. The lowest BCUT2D eigenvalue weighted by molar-refractivity contribution is -0.151. The Balaban J connectivity index is 2.51. The third-order valence-corrected chi connectivity index (χ3v) is 3.71. The molecule has 0 aromatic carbocycles. The highest BCUT2D eigenvalue weighted by Gasteiger charge is 2.43. The lowest BCUT2D eigenvalue weighted by atomic mass is 9.82. The van der Waals surface area contributed by atoms with Gasteiger partial charge in [-0.25, -0.2) is 0 Å². The van der Waals surface area contributed by atoms with Crippen molar-refractivity contribution >= 4 is 11.9 Å². The molecular formula is C13H23NO4. The van der Waals surface area contributed by atoms with E-state index >= 15 is 0 Å². The van der Waals surface area contributed by atoms with Gasteiger partial charge in [-0.15, -0.1) is 0 Å². The summed E-state index contributed by atoms with van der Waals surface area (Å²) in [5, 5.41) is 21.1. The fourth-order valence-corrected chi connectivity index (χ4v) is 2.28. The van der Waals surface area contributed by atoms with Crippen molar-refractivity contribution in [1.29, 1.82) is 0 Å². The zero-order valence-electron chi connectivity index (χ0n) is 11.2. The van der Waals surface area contributed by atoms with Gasteiger partial charge in [0.05, 0.1) is 5.41 Å². The van der Waals surface area contributed by atoms with E-state index in [2.05, 4.69) is 5.32 Å². The zero-order valence-corrected chi connectivity index (χ0v) is 11.2. The molecule has 0 radical (unpaired) electrons. The summed E-state index contributed by atoms with van der Waals surface area (Å²) in [7, 11) is 0. The molecule has 1 amide bonds. The van der Waals surface area contributed by atoms with Gasteiger partial charge in [0.1, 0.15) is 0 Å². The number of aliphatic hydroxyl groups excluding tert-OH is 1. The normalized spacial score (nSPS) is 18.6. The number of aliphatic hydroxyl groups is 1. The predicted molar refractivity (Wildman–Crippen MR) is 67.0 cm³/mol. The third kappa shape index (κ3) is 3.70. The number of nitrogens with one attached hydrogen (secondary N) is 1. The number of carboxylic acid groups (broad SMARTS) is 1. The number of hydrogen-bond acceptors (Lipinski definition) is 3. The summed E-state index contributed by atoms with van der Waals surface area (Å²) in [6.07, 6.45) is 2.96. The van der Waals surface area contributed by atoms with E-state index < -0.39 is 11.4 Å². The van der Waals surface area contributed by atoms with Gasteiger partial charge < -0.3 is 15.5 Å². The average Bonchev–Trinajstić information content (AvgIpc) is 2.76. The van der Waals surface area contributed by atoms with E-state index in [1.807, 2.05) is 13.8 Å². The van der Waals surface area contributed by atoms with Crippen LogP contribution in [0.4, 0.5) is 0 Å². The number of hydrogen-bond donors (Lipinski definition) is 3. The highest BCUT2D eigenvalue weighted by atomic mass is 16.4. The summed E-state index contributed by atoms with van der Waals surface area (Å²) in [4.78, 5) is 23.1. The molecule has 0 aromatic heterocycles. The molecule has 1 fully saturated rings. The second-order valence-corrected chi connectivity index (χ2v) is 6.07. The van der Waals surface area contributed by atoms with E-state index in [1.54, 1.807) is 0 Å². The summed E-state index contributed by atoms with van der Waals surface area (Å²) in [6.45, 7) is 4.03. The van der Waals surface area contributed by atoms with Crippen molar-refractivity contribution in [1.82, 2.24) is 5.32 Å². The fraction of sp³-hybridized carbons (Fsp3) is 0.846. The lowest BCUT2D eigenvalue weighted by Gasteiger charge is -2.25. The van der Waals surface area contributed by atoms with Crippen LogP contribution in [-0.4, -0.2) is 35.2 Å². The average molecular weight is 257 g/mol. The van der Waals surface area contributed by atoms with Crippen molar-refractivity contribution in [3.05, 3.63) is 0 Å². The molecule has 1 aliphatic rings. The monoisotopic (exact) mass is 257 g/mol. The molecule has 5 nitrogen and oxygen atoms in total. The Bertz CT molecular complexity index is 319. The first-order chi connectivity index (χ1) is 8.31. The molecule has 3 N–H and O–H groups in total. The minimum Gasteiger partial charge on any atom is -0.481 e. The molecule has 0 aromatic rings. The molecule has 5 heteroatoms. The van der Waals surface area contributed by atoms with Crippen molar-refractivity contribution < 1.29 is 19.8 Å². The summed E-state index contributed by atoms with van der Waals surface area (Å²) in [6, 6.07) is 0. The number of rotatable bonds is 6. The summed E-state index contributed by atoms with van der Waals surface area (Å²) in [5.41, 5.74) is -1.24. The van der Waals surface area contributed by atoms with Gasteiger partial charge in [0.25, 0.3) is 0 Å². The van der Waals surface area contributed by atoms with Crippen molar-refractivity contribution in [2.45, 2.75) is 46.0 Å². The number of carbonyl (C=O) groups is 2. The van der Waals surface area contributed by atoms with Crippen molar-refractivity contribution in [2.75, 3.05) is 13.2 Å². The standard InChI is InChI=1S/C13H23NO4/c1-12(2,9-15)8-14-10(16)7-13(11(17)18)5-3-4-6-13/h15H,3-9H2,1-2H3,(H,14,16)(H,17,18). The Morgan fingerprint density at radius 1 is 1.28 bits per heavy atom.